The summed E-state index contributed by atoms with van der Waals surface area (Å²) in [5, 5.41) is 2.37. The van der Waals surface area contributed by atoms with Crippen LogP contribution in [0.15, 0.2) is 188 Å². The topological polar surface area (TPSA) is 33.5 Å². The number of hydrogen-bond donors (Lipinski definition) is 0. The summed E-state index contributed by atoms with van der Waals surface area (Å²) >= 11 is 0. The molecule has 0 saturated carbocycles. The van der Waals surface area contributed by atoms with Gasteiger partial charge in [0, 0.05) is 57.5 Å². The molecule has 10 rings (SSSR count). The lowest BCUT2D eigenvalue weighted by atomic mass is 9.76. The lowest BCUT2D eigenvalue weighted by Gasteiger charge is -2.30. The zero-order valence-corrected chi connectivity index (χ0v) is 45.3. The zero-order valence-electron chi connectivity index (χ0n) is 45.3. The first-order chi connectivity index (χ1) is 34.6. The number of benzene rings is 7. The summed E-state index contributed by atoms with van der Waals surface area (Å²) in [6, 6.07) is 64.2. The predicted molar refractivity (Wildman–Crippen MR) is 309 cm³/mol. The fourth-order valence-electron chi connectivity index (χ4n) is 10.5. The zero-order chi connectivity index (χ0) is 51.7. The van der Waals surface area contributed by atoms with Crippen LogP contribution in [0.3, 0.4) is 0 Å². The molecule has 0 N–H and O–H groups in total. The molecule has 73 heavy (non-hydrogen) atoms. The number of para-hydroxylation sites is 1. The highest BCUT2D eigenvalue weighted by molar-refractivity contribution is 6.12. The maximum absolute atomic E-state index is 7.38. The molecule has 1 aliphatic rings. The van der Waals surface area contributed by atoms with Gasteiger partial charge < -0.3 is 14.5 Å². The number of pyridine rings is 1. The first-order valence-corrected chi connectivity index (χ1v) is 26.0. The highest BCUT2D eigenvalue weighted by atomic mass is 16.5. The van der Waals surface area contributed by atoms with Gasteiger partial charge in [-0.3, -0.25) is 4.57 Å². The second-order valence-electron chi connectivity index (χ2n) is 24.4. The Labute approximate surface area is 434 Å². The second-order valence-corrected chi connectivity index (χ2v) is 24.4. The van der Waals surface area contributed by atoms with Gasteiger partial charge in [0.1, 0.15) is 17.3 Å². The standard InChI is InChI=1S/C68H72N4O/c1-64(2,3)50-35-51(65(4,5)6)37-53(36-50)70-44-61(46-25-17-14-18-26-46)71(45-70)54-38-52(66(7,8)9)39-55(41-54)73-56-42-58(68(12,13)48-29-21-16-22-30-48)63-57-31-23-24-32-59(57)72(60(63)43-56)62-40-49(33-34-69-62)67(10,11)47-27-19-15-20-28-47/h14-44H,45H2,1-13H3. The van der Waals surface area contributed by atoms with E-state index in [4.69, 9.17) is 9.72 Å². The van der Waals surface area contributed by atoms with Crippen LogP contribution in [0.5, 0.6) is 11.5 Å². The van der Waals surface area contributed by atoms with Gasteiger partial charge in [-0.05, 0) is 109 Å². The van der Waals surface area contributed by atoms with Gasteiger partial charge in [0.25, 0.3) is 0 Å². The molecule has 1 aliphatic heterocycles. The molecule has 0 fully saturated rings. The fraction of sp³-hybridized carbons (Fsp3) is 0.279. The Kier molecular flexibility index (Phi) is 12.3. The van der Waals surface area contributed by atoms with Gasteiger partial charge in [-0.2, -0.15) is 0 Å². The molecule has 3 heterocycles. The lowest BCUT2D eigenvalue weighted by Crippen LogP contribution is -2.27. The molecule has 370 valence electrons. The van der Waals surface area contributed by atoms with Crippen molar-refractivity contribution in [2.24, 2.45) is 0 Å². The summed E-state index contributed by atoms with van der Waals surface area (Å²) in [6.45, 7) is 30.6. The molecule has 5 heteroatoms. The van der Waals surface area contributed by atoms with Crippen molar-refractivity contribution in [2.45, 2.75) is 117 Å². The minimum absolute atomic E-state index is 0.0118. The number of hydrogen-bond acceptors (Lipinski definition) is 4. The average molecular weight is 961 g/mol. The normalized spacial score (nSPS) is 13.8. The molecule has 0 aliphatic carbocycles. The summed E-state index contributed by atoms with van der Waals surface area (Å²) in [5.41, 5.74) is 14.6. The Morgan fingerprint density at radius 3 is 1.59 bits per heavy atom. The van der Waals surface area contributed by atoms with Crippen molar-refractivity contribution in [3.63, 3.8) is 0 Å². The van der Waals surface area contributed by atoms with Crippen LogP contribution in [0.1, 0.15) is 135 Å². The largest absolute Gasteiger partial charge is 0.457 e. The monoisotopic (exact) mass is 961 g/mol. The molecule has 5 nitrogen and oxygen atoms in total. The van der Waals surface area contributed by atoms with Crippen LogP contribution in [0.25, 0.3) is 33.3 Å². The average Bonchev–Trinajstić information content (AvgIpc) is 3.97. The number of fused-ring (bicyclic) bond motifs is 3. The van der Waals surface area contributed by atoms with Crippen LogP contribution in [0.4, 0.5) is 11.4 Å². The maximum Gasteiger partial charge on any atom is 0.137 e. The first kappa shape index (κ1) is 49.2. The summed E-state index contributed by atoms with van der Waals surface area (Å²) < 4.78 is 9.73. The molecule has 0 amide bonds. The fourth-order valence-corrected chi connectivity index (χ4v) is 10.5. The van der Waals surface area contributed by atoms with E-state index in [1.54, 1.807) is 0 Å². The van der Waals surface area contributed by atoms with Crippen molar-refractivity contribution in [2.75, 3.05) is 16.5 Å². The Hall–Kier alpha value is -7.37. The Balaban J connectivity index is 1.15. The minimum Gasteiger partial charge on any atom is -0.457 e. The molecule has 9 aromatic rings. The maximum atomic E-state index is 7.38. The van der Waals surface area contributed by atoms with E-state index in [0.717, 1.165) is 45.3 Å². The van der Waals surface area contributed by atoms with Gasteiger partial charge in [0.2, 0.25) is 0 Å². The lowest BCUT2D eigenvalue weighted by molar-refractivity contribution is 0.477. The molecule has 7 aromatic carbocycles. The molecule has 0 saturated heterocycles. The third-order valence-corrected chi connectivity index (χ3v) is 15.3. The van der Waals surface area contributed by atoms with E-state index in [0.29, 0.717) is 6.67 Å². The van der Waals surface area contributed by atoms with Gasteiger partial charge in [0.15, 0.2) is 0 Å². The van der Waals surface area contributed by atoms with Crippen LogP contribution in [-0.2, 0) is 27.1 Å². The number of aromatic nitrogens is 2. The molecule has 0 spiro atoms. The van der Waals surface area contributed by atoms with Gasteiger partial charge in [-0.15, -0.1) is 0 Å². The smallest absolute Gasteiger partial charge is 0.137 e. The van der Waals surface area contributed by atoms with Crippen molar-refractivity contribution in [1.29, 1.82) is 0 Å². The van der Waals surface area contributed by atoms with Crippen molar-refractivity contribution < 1.29 is 4.74 Å². The molecule has 0 bridgehead atoms. The van der Waals surface area contributed by atoms with Crippen LogP contribution in [0.2, 0.25) is 0 Å². The molecule has 0 unspecified atom stereocenters. The highest BCUT2D eigenvalue weighted by Crippen LogP contribution is 2.47. The van der Waals surface area contributed by atoms with E-state index in [9.17, 15) is 0 Å². The molecule has 0 atom stereocenters. The molecule has 0 radical (unpaired) electrons. The number of anilines is 2. The number of rotatable bonds is 10. The predicted octanol–water partition coefficient (Wildman–Crippen LogP) is 17.8. The van der Waals surface area contributed by atoms with Gasteiger partial charge >= 0.3 is 0 Å². The van der Waals surface area contributed by atoms with Crippen molar-refractivity contribution in [1.82, 2.24) is 9.55 Å². The van der Waals surface area contributed by atoms with E-state index in [1.807, 2.05) is 6.20 Å². The van der Waals surface area contributed by atoms with Crippen molar-refractivity contribution in [3.05, 3.63) is 233 Å². The van der Waals surface area contributed by atoms with E-state index in [-0.39, 0.29) is 21.7 Å². The van der Waals surface area contributed by atoms with Crippen LogP contribution in [-0.4, -0.2) is 16.2 Å². The molecular formula is C68H72N4O. The molecule has 2 aromatic heterocycles. The van der Waals surface area contributed by atoms with Crippen LogP contribution >= 0.6 is 0 Å². The summed E-state index contributed by atoms with van der Waals surface area (Å²) in [7, 11) is 0. The van der Waals surface area contributed by atoms with Gasteiger partial charge in [-0.25, -0.2) is 4.98 Å². The Bertz CT molecular complexity index is 3470. The quantitative estimate of drug-likeness (QED) is 0.137. The van der Waals surface area contributed by atoms with Crippen molar-refractivity contribution in [3.8, 4) is 17.3 Å². The second kappa shape index (κ2) is 18.3. The highest BCUT2D eigenvalue weighted by Gasteiger charge is 2.32. The minimum atomic E-state index is -0.400. The number of nitrogens with zero attached hydrogens (tertiary/aromatic N) is 4. The third-order valence-electron chi connectivity index (χ3n) is 15.3. The third kappa shape index (κ3) is 9.47. The van der Waals surface area contributed by atoms with Crippen LogP contribution in [0, 0.1) is 0 Å². The summed E-state index contributed by atoms with van der Waals surface area (Å²) in [6.07, 6.45) is 4.30. The van der Waals surface area contributed by atoms with E-state index < -0.39 is 5.41 Å². The first-order valence-electron chi connectivity index (χ1n) is 26.0. The van der Waals surface area contributed by atoms with Gasteiger partial charge in [0.05, 0.1) is 23.4 Å². The van der Waals surface area contributed by atoms with Crippen molar-refractivity contribution >= 4 is 38.9 Å². The van der Waals surface area contributed by atoms with E-state index in [2.05, 4.69) is 287 Å². The SMILES string of the molecule is CC(C)(C)c1cc(Oc2cc(C(C)(C)c3ccccc3)c3c4ccccc4n(-c4cc(C(C)(C)c5ccccc5)ccn4)c3c2)cc(N2CN(c3cc(C(C)(C)C)cc(C(C)(C)C)c3)C=C2c2ccccc2)c1. The Morgan fingerprint density at radius 1 is 0.438 bits per heavy atom. The van der Waals surface area contributed by atoms with E-state index in [1.165, 1.54) is 55.4 Å². The molecular weight excluding hydrogens is 889 g/mol. The van der Waals surface area contributed by atoms with Crippen LogP contribution < -0.4 is 14.5 Å². The summed E-state index contributed by atoms with van der Waals surface area (Å²) in [4.78, 5) is 10.0. The van der Waals surface area contributed by atoms with E-state index >= 15 is 0 Å². The number of ether oxygens (including phenoxy) is 1. The summed E-state index contributed by atoms with van der Waals surface area (Å²) in [5.74, 6) is 2.42. The Morgan fingerprint density at radius 2 is 0.973 bits per heavy atom. The van der Waals surface area contributed by atoms with Gasteiger partial charge in [-0.1, -0.05) is 205 Å².